The second-order valence-electron chi connectivity index (χ2n) is 4.57. The van der Waals surface area contributed by atoms with Crippen LogP contribution < -0.4 is 4.90 Å². The van der Waals surface area contributed by atoms with Crippen molar-refractivity contribution in [2.45, 2.75) is 6.92 Å². The molecule has 0 spiro atoms. The van der Waals surface area contributed by atoms with E-state index in [1.807, 2.05) is 42.6 Å². The van der Waals surface area contributed by atoms with Crippen LogP contribution in [0.4, 0.5) is 10.8 Å². The Kier molecular flexibility index (Phi) is 3.75. The minimum Gasteiger partial charge on any atom is -0.278 e. The topological polar surface area (TPSA) is 46.1 Å². The lowest BCUT2D eigenvalue weighted by molar-refractivity contribution is -0.106. The van der Waals surface area contributed by atoms with Crippen molar-refractivity contribution < 1.29 is 4.79 Å². The normalized spacial score (nSPS) is 10.3. The van der Waals surface area contributed by atoms with Crippen molar-refractivity contribution in [2.24, 2.45) is 0 Å². The van der Waals surface area contributed by atoms with Gasteiger partial charge in [-0.2, -0.15) is 0 Å². The molecule has 0 radical (unpaired) electrons. The standard InChI is InChI=1S/C16H13N3OS/c1-12-4-6-13(7-5-12)15-10-21-16(18-15)19(11-20)14-3-2-8-17-9-14/h2-11H,1H3. The summed E-state index contributed by atoms with van der Waals surface area (Å²) in [5, 5.41) is 2.58. The van der Waals surface area contributed by atoms with Crippen molar-refractivity contribution in [2.75, 3.05) is 4.90 Å². The largest absolute Gasteiger partial charge is 0.278 e. The molecule has 0 bridgehead atoms. The number of hydrogen-bond acceptors (Lipinski definition) is 4. The number of carbonyl (C=O) groups is 1. The van der Waals surface area contributed by atoms with Gasteiger partial charge in [0.25, 0.3) is 0 Å². The second-order valence-corrected chi connectivity index (χ2v) is 5.40. The first-order valence-electron chi connectivity index (χ1n) is 6.45. The molecule has 3 aromatic rings. The van der Waals surface area contributed by atoms with E-state index in [2.05, 4.69) is 9.97 Å². The Morgan fingerprint density at radius 2 is 2.00 bits per heavy atom. The summed E-state index contributed by atoms with van der Waals surface area (Å²) < 4.78 is 0. The van der Waals surface area contributed by atoms with Crippen molar-refractivity contribution in [1.29, 1.82) is 0 Å². The average Bonchev–Trinajstić information content (AvgIpc) is 2.99. The third kappa shape index (κ3) is 2.83. The van der Waals surface area contributed by atoms with Gasteiger partial charge in [0.2, 0.25) is 6.41 Å². The lowest BCUT2D eigenvalue weighted by Gasteiger charge is -2.12. The number of aryl methyl sites for hydroxylation is 1. The van der Waals surface area contributed by atoms with Gasteiger partial charge in [-0.1, -0.05) is 29.8 Å². The fourth-order valence-electron chi connectivity index (χ4n) is 1.94. The number of pyridine rings is 1. The summed E-state index contributed by atoms with van der Waals surface area (Å²) in [4.78, 5) is 21.4. The minimum absolute atomic E-state index is 0.633. The van der Waals surface area contributed by atoms with Crippen molar-refractivity contribution in [3.8, 4) is 11.3 Å². The van der Waals surface area contributed by atoms with Crippen LogP contribution in [-0.2, 0) is 4.79 Å². The molecule has 1 aromatic carbocycles. The summed E-state index contributed by atoms with van der Waals surface area (Å²) in [6.07, 6.45) is 4.07. The van der Waals surface area contributed by atoms with Gasteiger partial charge in [-0.25, -0.2) is 4.98 Å². The number of amides is 1. The average molecular weight is 295 g/mol. The van der Waals surface area contributed by atoms with Gasteiger partial charge in [0.15, 0.2) is 5.13 Å². The van der Waals surface area contributed by atoms with Gasteiger partial charge >= 0.3 is 0 Å². The number of rotatable bonds is 4. The second kappa shape index (κ2) is 5.85. The monoisotopic (exact) mass is 295 g/mol. The van der Waals surface area contributed by atoms with Crippen LogP contribution in [0.1, 0.15) is 5.56 Å². The molecule has 0 fully saturated rings. The molecule has 0 saturated heterocycles. The Balaban J connectivity index is 1.93. The highest BCUT2D eigenvalue weighted by atomic mass is 32.1. The molecule has 0 aliphatic heterocycles. The van der Waals surface area contributed by atoms with E-state index in [1.165, 1.54) is 21.8 Å². The molecule has 0 aliphatic rings. The van der Waals surface area contributed by atoms with E-state index in [9.17, 15) is 4.79 Å². The van der Waals surface area contributed by atoms with E-state index in [1.54, 1.807) is 18.5 Å². The maximum absolute atomic E-state index is 11.4. The Morgan fingerprint density at radius 1 is 1.19 bits per heavy atom. The Labute approximate surface area is 126 Å². The van der Waals surface area contributed by atoms with Crippen LogP contribution in [0.3, 0.4) is 0 Å². The van der Waals surface area contributed by atoms with Gasteiger partial charge in [0.05, 0.1) is 17.6 Å². The van der Waals surface area contributed by atoms with E-state index in [4.69, 9.17) is 0 Å². The van der Waals surface area contributed by atoms with E-state index in [0.29, 0.717) is 10.8 Å². The van der Waals surface area contributed by atoms with Gasteiger partial charge < -0.3 is 0 Å². The predicted octanol–water partition coefficient (Wildman–Crippen LogP) is 3.81. The molecule has 1 amide bonds. The molecule has 104 valence electrons. The molecule has 21 heavy (non-hydrogen) atoms. The molecule has 0 N–H and O–H groups in total. The van der Waals surface area contributed by atoms with Crippen LogP contribution in [0.25, 0.3) is 11.3 Å². The molecule has 0 aliphatic carbocycles. The highest BCUT2D eigenvalue weighted by Gasteiger charge is 2.13. The smallest absolute Gasteiger partial charge is 0.220 e. The van der Waals surface area contributed by atoms with E-state index in [0.717, 1.165) is 17.7 Å². The van der Waals surface area contributed by atoms with Gasteiger partial charge in [-0.15, -0.1) is 11.3 Å². The maximum Gasteiger partial charge on any atom is 0.220 e. The molecule has 3 rings (SSSR count). The first-order chi connectivity index (χ1) is 10.3. The summed E-state index contributed by atoms with van der Waals surface area (Å²) in [6, 6.07) is 11.8. The molecule has 0 saturated carbocycles. The van der Waals surface area contributed by atoms with Crippen LogP contribution in [-0.4, -0.2) is 16.4 Å². The Bertz CT molecular complexity index is 738. The number of anilines is 2. The van der Waals surface area contributed by atoms with Crippen molar-refractivity contribution >= 4 is 28.6 Å². The quantitative estimate of drug-likeness (QED) is 0.688. The van der Waals surface area contributed by atoms with Crippen LogP contribution >= 0.6 is 11.3 Å². The fourth-order valence-corrected chi connectivity index (χ4v) is 2.76. The summed E-state index contributed by atoms with van der Waals surface area (Å²) in [5.74, 6) is 0. The summed E-state index contributed by atoms with van der Waals surface area (Å²) >= 11 is 1.43. The van der Waals surface area contributed by atoms with Crippen LogP contribution in [0, 0.1) is 6.92 Å². The SMILES string of the molecule is Cc1ccc(-c2csc(N(C=O)c3cccnc3)n2)cc1. The van der Waals surface area contributed by atoms with Crippen molar-refractivity contribution in [1.82, 2.24) is 9.97 Å². The first-order valence-corrected chi connectivity index (χ1v) is 7.33. The van der Waals surface area contributed by atoms with Gasteiger partial charge in [-0.3, -0.25) is 14.7 Å². The number of thiazole rings is 1. The summed E-state index contributed by atoms with van der Waals surface area (Å²) in [6.45, 7) is 2.05. The highest BCUT2D eigenvalue weighted by molar-refractivity contribution is 7.14. The molecule has 5 heteroatoms. The van der Waals surface area contributed by atoms with Gasteiger partial charge in [0.1, 0.15) is 0 Å². The van der Waals surface area contributed by atoms with E-state index < -0.39 is 0 Å². The molecule has 0 atom stereocenters. The van der Waals surface area contributed by atoms with Crippen LogP contribution in [0.15, 0.2) is 54.2 Å². The van der Waals surface area contributed by atoms with E-state index in [-0.39, 0.29) is 0 Å². The van der Waals surface area contributed by atoms with Crippen LogP contribution in [0.5, 0.6) is 0 Å². The number of carbonyl (C=O) groups excluding carboxylic acids is 1. The number of hydrogen-bond donors (Lipinski definition) is 0. The maximum atomic E-state index is 11.4. The number of aromatic nitrogens is 2. The zero-order valence-corrected chi connectivity index (χ0v) is 12.2. The lowest BCUT2D eigenvalue weighted by atomic mass is 10.1. The lowest BCUT2D eigenvalue weighted by Crippen LogP contribution is -2.13. The fraction of sp³-hybridized carbons (Fsp3) is 0.0625. The van der Waals surface area contributed by atoms with Crippen LogP contribution in [0.2, 0.25) is 0 Å². The number of benzene rings is 1. The molecule has 2 aromatic heterocycles. The van der Waals surface area contributed by atoms with Crippen molar-refractivity contribution in [3.05, 3.63) is 59.7 Å². The van der Waals surface area contributed by atoms with Gasteiger partial charge in [-0.05, 0) is 19.1 Å². The minimum atomic E-state index is 0.633. The third-order valence-corrected chi connectivity index (χ3v) is 3.91. The Morgan fingerprint density at radius 3 is 2.67 bits per heavy atom. The van der Waals surface area contributed by atoms with E-state index >= 15 is 0 Å². The molecule has 4 nitrogen and oxygen atoms in total. The zero-order valence-electron chi connectivity index (χ0n) is 11.4. The molecular weight excluding hydrogens is 282 g/mol. The molecular formula is C16H13N3OS. The van der Waals surface area contributed by atoms with Gasteiger partial charge in [0, 0.05) is 17.1 Å². The molecule has 2 heterocycles. The summed E-state index contributed by atoms with van der Waals surface area (Å²) in [7, 11) is 0. The zero-order chi connectivity index (χ0) is 14.7. The first kappa shape index (κ1) is 13.5. The predicted molar refractivity (Wildman–Crippen MR) is 84.7 cm³/mol. The highest BCUT2D eigenvalue weighted by Crippen LogP contribution is 2.30. The third-order valence-electron chi connectivity index (χ3n) is 3.07. The molecule has 0 unspecified atom stereocenters. The number of nitrogens with zero attached hydrogens (tertiary/aromatic N) is 3. The van der Waals surface area contributed by atoms with Crippen molar-refractivity contribution in [3.63, 3.8) is 0 Å². The summed E-state index contributed by atoms with van der Waals surface area (Å²) in [5.41, 5.74) is 3.82. The Hall–Kier alpha value is -2.53.